The summed E-state index contributed by atoms with van der Waals surface area (Å²) in [7, 11) is 7.97. The number of aryl methyl sites for hydroxylation is 2. The van der Waals surface area contributed by atoms with Crippen molar-refractivity contribution < 1.29 is 4.79 Å². The minimum absolute atomic E-state index is 0.0912. The molecule has 6 nitrogen and oxygen atoms in total. The van der Waals surface area contributed by atoms with Crippen molar-refractivity contribution in [1.82, 2.24) is 24.1 Å². The molecule has 1 amide bonds. The number of carbonyl (C=O) groups excluding carboxylic acids is 1. The lowest BCUT2D eigenvalue weighted by Crippen LogP contribution is -2.37. The van der Waals surface area contributed by atoms with E-state index in [4.69, 9.17) is 0 Å². The van der Waals surface area contributed by atoms with Gasteiger partial charge in [-0.05, 0) is 32.6 Å². The highest BCUT2D eigenvalue weighted by atomic mass is 16.2. The molecule has 0 aliphatic carbocycles. The largest absolute Gasteiger partial charge is 0.347 e. The third-order valence-corrected chi connectivity index (χ3v) is 4.25. The topological polar surface area (TPSA) is 46.3 Å². The van der Waals surface area contributed by atoms with Crippen molar-refractivity contribution in [1.29, 1.82) is 0 Å². The van der Waals surface area contributed by atoms with Crippen LogP contribution in [0.1, 0.15) is 27.4 Å². The predicted octanol–water partition coefficient (Wildman–Crippen LogP) is 1.02. The van der Waals surface area contributed by atoms with E-state index in [1.165, 1.54) is 5.56 Å². The van der Waals surface area contributed by atoms with Crippen LogP contribution in [0.5, 0.6) is 0 Å². The molecule has 2 aromatic rings. The second kappa shape index (κ2) is 5.61. The quantitative estimate of drug-likeness (QED) is 0.850. The molecule has 0 saturated carbocycles. The molecule has 0 atom stereocenters. The van der Waals surface area contributed by atoms with Crippen LogP contribution in [-0.4, -0.2) is 50.7 Å². The number of rotatable bonds is 3. The molecule has 118 valence electrons. The Kier molecular flexibility index (Phi) is 3.78. The summed E-state index contributed by atoms with van der Waals surface area (Å²) >= 11 is 0. The first-order valence-corrected chi connectivity index (χ1v) is 7.56. The molecule has 0 N–H and O–H groups in total. The average Bonchev–Trinajstić information content (AvgIpc) is 3.02. The highest BCUT2D eigenvalue weighted by molar-refractivity contribution is 5.92. The van der Waals surface area contributed by atoms with Crippen LogP contribution in [0.2, 0.25) is 0 Å². The number of carbonyl (C=O) groups is 1. The summed E-state index contributed by atoms with van der Waals surface area (Å²) in [6, 6.07) is 3.78. The van der Waals surface area contributed by atoms with Gasteiger partial charge in [0, 0.05) is 38.9 Å². The minimum Gasteiger partial charge on any atom is -0.347 e. The van der Waals surface area contributed by atoms with Crippen LogP contribution >= 0.6 is 0 Å². The van der Waals surface area contributed by atoms with E-state index >= 15 is 0 Å². The number of amides is 1. The molecule has 3 heterocycles. The van der Waals surface area contributed by atoms with E-state index in [9.17, 15) is 4.79 Å². The van der Waals surface area contributed by atoms with Gasteiger partial charge in [0.15, 0.2) is 0 Å². The maximum atomic E-state index is 12.7. The zero-order valence-electron chi connectivity index (χ0n) is 13.7. The summed E-state index contributed by atoms with van der Waals surface area (Å²) < 4.78 is 3.80. The van der Waals surface area contributed by atoms with Gasteiger partial charge in [-0.2, -0.15) is 5.10 Å². The van der Waals surface area contributed by atoms with Gasteiger partial charge in [-0.25, -0.2) is 0 Å². The highest BCUT2D eigenvalue weighted by Gasteiger charge is 2.27. The summed E-state index contributed by atoms with van der Waals surface area (Å²) in [6.07, 6.45) is 2.78. The molecule has 0 unspecified atom stereocenters. The van der Waals surface area contributed by atoms with Gasteiger partial charge in [0.2, 0.25) is 0 Å². The summed E-state index contributed by atoms with van der Waals surface area (Å²) in [6.45, 7) is 2.23. The van der Waals surface area contributed by atoms with Crippen molar-refractivity contribution in [3.05, 3.63) is 41.0 Å². The average molecular weight is 301 g/mol. The van der Waals surface area contributed by atoms with Gasteiger partial charge in [0.1, 0.15) is 5.69 Å². The first kappa shape index (κ1) is 14.8. The Bertz CT molecular complexity index is 697. The van der Waals surface area contributed by atoms with Gasteiger partial charge >= 0.3 is 0 Å². The van der Waals surface area contributed by atoms with Gasteiger partial charge in [-0.15, -0.1) is 0 Å². The second-order valence-electron chi connectivity index (χ2n) is 6.21. The van der Waals surface area contributed by atoms with Crippen LogP contribution in [0.4, 0.5) is 0 Å². The molecule has 22 heavy (non-hydrogen) atoms. The molecule has 0 radical (unpaired) electrons. The van der Waals surface area contributed by atoms with Crippen LogP contribution in [0, 0.1) is 0 Å². The molecular weight excluding hydrogens is 278 g/mol. The fraction of sp³-hybridized carbons (Fsp3) is 0.500. The van der Waals surface area contributed by atoms with Gasteiger partial charge in [0.25, 0.3) is 5.91 Å². The van der Waals surface area contributed by atoms with E-state index < -0.39 is 0 Å². The number of hydrogen-bond donors (Lipinski definition) is 0. The van der Waals surface area contributed by atoms with E-state index in [0.29, 0.717) is 6.54 Å². The molecule has 1 aliphatic rings. The molecule has 1 aliphatic heterocycles. The van der Waals surface area contributed by atoms with Gasteiger partial charge in [-0.1, -0.05) is 0 Å². The van der Waals surface area contributed by atoms with Crippen molar-refractivity contribution >= 4 is 5.91 Å². The third kappa shape index (κ3) is 2.54. The predicted molar refractivity (Wildman–Crippen MR) is 84.5 cm³/mol. The summed E-state index contributed by atoms with van der Waals surface area (Å²) in [4.78, 5) is 16.7. The molecule has 0 fully saturated rings. The zero-order valence-corrected chi connectivity index (χ0v) is 13.7. The molecule has 3 rings (SSSR count). The standard InChI is InChI=1S/C16H23N5O/c1-18(2)10-13-12-7-9-21(11-15(12)20(4)17-13)16(22)14-6-5-8-19(14)3/h5-6,8H,7,9-11H2,1-4H3. The maximum Gasteiger partial charge on any atom is 0.270 e. The van der Waals surface area contributed by atoms with E-state index in [-0.39, 0.29) is 5.91 Å². The smallest absolute Gasteiger partial charge is 0.270 e. The van der Waals surface area contributed by atoms with E-state index in [0.717, 1.165) is 36.6 Å². The Balaban J connectivity index is 1.84. The SMILES string of the molecule is CN(C)Cc1nn(C)c2c1CCN(C(=O)c1cccn1C)C2. The Morgan fingerprint density at radius 2 is 2.14 bits per heavy atom. The van der Waals surface area contributed by atoms with Crippen molar-refractivity contribution in [2.24, 2.45) is 14.1 Å². The van der Waals surface area contributed by atoms with Crippen molar-refractivity contribution in [2.45, 2.75) is 19.5 Å². The fourth-order valence-electron chi connectivity index (χ4n) is 3.10. The molecule has 0 aromatic carbocycles. The Hall–Kier alpha value is -2.08. The van der Waals surface area contributed by atoms with Gasteiger partial charge < -0.3 is 14.4 Å². The summed E-state index contributed by atoms with van der Waals surface area (Å²) in [5.41, 5.74) is 4.34. The molecule has 0 spiro atoms. The Labute approximate surface area is 130 Å². The van der Waals surface area contributed by atoms with Crippen LogP contribution in [0.15, 0.2) is 18.3 Å². The lowest BCUT2D eigenvalue weighted by Gasteiger charge is -2.28. The molecule has 0 bridgehead atoms. The van der Waals surface area contributed by atoms with Crippen molar-refractivity contribution in [3.8, 4) is 0 Å². The van der Waals surface area contributed by atoms with E-state index in [1.54, 1.807) is 0 Å². The normalized spacial score (nSPS) is 14.5. The number of fused-ring (bicyclic) bond motifs is 1. The first-order chi connectivity index (χ1) is 10.5. The number of nitrogens with zero attached hydrogens (tertiary/aromatic N) is 5. The Morgan fingerprint density at radius 3 is 2.77 bits per heavy atom. The van der Waals surface area contributed by atoms with Gasteiger partial charge in [-0.3, -0.25) is 9.48 Å². The maximum absolute atomic E-state index is 12.7. The fourth-order valence-corrected chi connectivity index (χ4v) is 3.10. The second-order valence-corrected chi connectivity index (χ2v) is 6.21. The highest BCUT2D eigenvalue weighted by Crippen LogP contribution is 2.24. The molecule has 0 saturated heterocycles. The minimum atomic E-state index is 0.0912. The van der Waals surface area contributed by atoms with Crippen LogP contribution in [0.25, 0.3) is 0 Å². The zero-order chi connectivity index (χ0) is 15.9. The van der Waals surface area contributed by atoms with Crippen molar-refractivity contribution in [3.63, 3.8) is 0 Å². The van der Waals surface area contributed by atoms with Crippen LogP contribution in [-0.2, 0) is 33.6 Å². The number of aromatic nitrogens is 3. The van der Waals surface area contributed by atoms with Crippen molar-refractivity contribution in [2.75, 3.05) is 20.6 Å². The number of hydrogen-bond acceptors (Lipinski definition) is 3. The summed E-state index contributed by atoms with van der Waals surface area (Å²) in [5.74, 6) is 0.0912. The lowest BCUT2D eigenvalue weighted by atomic mass is 10.0. The molecular formula is C16H23N5O. The van der Waals surface area contributed by atoms with Crippen LogP contribution < -0.4 is 0 Å². The lowest BCUT2D eigenvalue weighted by molar-refractivity contribution is 0.0720. The van der Waals surface area contributed by atoms with Crippen LogP contribution in [0.3, 0.4) is 0 Å². The van der Waals surface area contributed by atoms with Gasteiger partial charge in [0.05, 0.1) is 17.9 Å². The third-order valence-electron chi connectivity index (χ3n) is 4.25. The first-order valence-electron chi connectivity index (χ1n) is 7.56. The summed E-state index contributed by atoms with van der Waals surface area (Å²) in [5, 5.41) is 4.64. The van der Waals surface area contributed by atoms with E-state index in [2.05, 4.69) is 24.1 Å². The Morgan fingerprint density at radius 1 is 1.36 bits per heavy atom. The monoisotopic (exact) mass is 301 g/mol. The van der Waals surface area contributed by atoms with E-state index in [1.807, 2.05) is 46.6 Å². The molecule has 2 aromatic heterocycles. The molecule has 6 heteroatoms.